The molecule has 0 radical (unpaired) electrons. The highest BCUT2D eigenvalue weighted by atomic mass is 16.2. The number of nitrogens with two attached hydrogens (primary N) is 1. The average molecular weight is 198 g/mol. The van der Waals surface area contributed by atoms with Gasteiger partial charge in [0.2, 0.25) is 5.91 Å². The normalized spacial score (nSPS) is 14.4. The Labute approximate surface area is 86.8 Å². The summed E-state index contributed by atoms with van der Waals surface area (Å²) in [6.07, 6.45) is 2.90. The minimum absolute atomic E-state index is 0.0585. The van der Waals surface area contributed by atoms with Gasteiger partial charge in [-0.25, -0.2) is 0 Å². The van der Waals surface area contributed by atoms with Gasteiger partial charge in [0.05, 0.1) is 6.04 Å². The van der Waals surface area contributed by atoms with Crippen LogP contribution in [-0.2, 0) is 4.79 Å². The van der Waals surface area contributed by atoms with Crippen LogP contribution in [0.1, 0.15) is 34.1 Å². The first-order valence-corrected chi connectivity index (χ1v) is 5.15. The van der Waals surface area contributed by atoms with Crippen LogP contribution in [0.2, 0.25) is 0 Å². The molecule has 0 rings (SSSR count). The molecule has 3 N–H and O–H groups in total. The van der Waals surface area contributed by atoms with E-state index in [9.17, 15) is 4.79 Å². The van der Waals surface area contributed by atoms with Crippen LogP contribution < -0.4 is 11.1 Å². The molecule has 82 valence electrons. The van der Waals surface area contributed by atoms with Crippen LogP contribution in [0.5, 0.6) is 0 Å². The number of carbonyl (C=O) groups is 1. The van der Waals surface area contributed by atoms with Crippen molar-refractivity contribution in [3.8, 4) is 0 Å². The molecule has 0 aliphatic heterocycles. The summed E-state index contributed by atoms with van der Waals surface area (Å²) < 4.78 is 0. The van der Waals surface area contributed by atoms with Gasteiger partial charge in [-0.1, -0.05) is 31.9 Å². The maximum atomic E-state index is 11.5. The molecule has 0 aromatic rings. The molecule has 1 amide bonds. The molecular formula is C11H22N2O. The van der Waals surface area contributed by atoms with Crippen LogP contribution in [0.15, 0.2) is 11.6 Å². The topological polar surface area (TPSA) is 55.1 Å². The lowest BCUT2D eigenvalue weighted by molar-refractivity contribution is -0.123. The zero-order valence-electron chi connectivity index (χ0n) is 9.63. The van der Waals surface area contributed by atoms with E-state index in [0.717, 1.165) is 6.42 Å². The van der Waals surface area contributed by atoms with Crippen LogP contribution in [0.4, 0.5) is 0 Å². The van der Waals surface area contributed by atoms with Gasteiger partial charge in [-0.15, -0.1) is 0 Å². The van der Waals surface area contributed by atoms with Crippen LogP contribution >= 0.6 is 0 Å². The first-order valence-electron chi connectivity index (χ1n) is 5.15. The lowest BCUT2D eigenvalue weighted by Gasteiger charge is -2.17. The highest BCUT2D eigenvalue weighted by Crippen LogP contribution is 2.04. The summed E-state index contributed by atoms with van der Waals surface area (Å²) in [7, 11) is 0. The Morgan fingerprint density at radius 3 is 2.50 bits per heavy atom. The molecule has 0 aliphatic rings. The smallest absolute Gasteiger partial charge is 0.237 e. The summed E-state index contributed by atoms with van der Waals surface area (Å²) in [5.74, 6) is 0.179. The number of hydrogen-bond acceptors (Lipinski definition) is 2. The second kappa shape index (κ2) is 6.60. The number of allylic oxidation sites excluding steroid dienone is 1. The zero-order chi connectivity index (χ0) is 11.1. The van der Waals surface area contributed by atoms with Gasteiger partial charge in [-0.2, -0.15) is 0 Å². The van der Waals surface area contributed by atoms with Crippen LogP contribution in [0, 0.1) is 5.92 Å². The minimum Gasteiger partial charge on any atom is -0.351 e. The lowest BCUT2D eigenvalue weighted by Crippen LogP contribution is -2.44. The third-order valence-corrected chi connectivity index (χ3v) is 2.35. The van der Waals surface area contributed by atoms with E-state index in [-0.39, 0.29) is 17.9 Å². The standard InChI is InChI=1S/C11H22N2O/c1-5-9(4)10(12)11(14)13-7-6-8(2)3/h6,9-10H,5,7,12H2,1-4H3,(H,13,14). The summed E-state index contributed by atoms with van der Waals surface area (Å²) in [6.45, 7) is 8.60. The van der Waals surface area contributed by atoms with Crippen LogP contribution in [-0.4, -0.2) is 18.5 Å². The fourth-order valence-corrected chi connectivity index (χ4v) is 0.986. The maximum absolute atomic E-state index is 11.5. The molecule has 14 heavy (non-hydrogen) atoms. The quantitative estimate of drug-likeness (QED) is 0.657. The van der Waals surface area contributed by atoms with E-state index in [1.807, 2.05) is 33.8 Å². The summed E-state index contributed by atoms with van der Waals surface area (Å²) in [6, 6.07) is -0.384. The lowest BCUT2D eigenvalue weighted by atomic mass is 9.99. The Morgan fingerprint density at radius 1 is 1.50 bits per heavy atom. The van der Waals surface area contributed by atoms with Gasteiger partial charge < -0.3 is 11.1 Å². The Morgan fingerprint density at radius 2 is 2.07 bits per heavy atom. The zero-order valence-corrected chi connectivity index (χ0v) is 9.63. The van der Waals surface area contributed by atoms with E-state index in [2.05, 4.69) is 5.32 Å². The van der Waals surface area contributed by atoms with E-state index < -0.39 is 0 Å². The molecule has 0 aromatic heterocycles. The van der Waals surface area contributed by atoms with E-state index in [1.54, 1.807) is 0 Å². The number of nitrogens with one attached hydrogen (secondary N) is 1. The van der Waals surface area contributed by atoms with E-state index in [1.165, 1.54) is 5.57 Å². The molecule has 3 nitrogen and oxygen atoms in total. The second-order valence-electron chi connectivity index (χ2n) is 3.94. The van der Waals surface area contributed by atoms with Crippen molar-refractivity contribution >= 4 is 5.91 Å². The molecule has 3 heteroatoms. The second-order valence-corrected chi connectivity index (χ2v) is 3.94. The van der Waals surface area contributed by atoms with Crippen molar-refractivity contribution in [2.24, 2.45) is 11.7 Å². The number of carbonyl (C=O) groups excluding carboxylic acids is 1. The molecule has 0 bridgehead atoms. The Hall–Kier alpha value is -0.830. The highest BCUT2D eigenvalue weighted by Gasteiger charge is 2.18. The number of rotatable bonds is 5. The molecule has 0 aromatic carbocycles. The molecule has 0 spiro atoms. The fourth-order valence-electron chi connectivity index (χ4n) is 0.986. The van der Waals surface area contributed by atoms with Crippen LogP contribution in [0.25, 0.3) is 0 Å². The van der Waals surface area contributed by atoms with Crippen molar-refractivity contribution in [1.29, 1.82) is 0 Å². The summed E-state index contributed by atoms with van der Waals surface area (Å²) in [4.78, 5) is 11.5. The SMILES string of the molecule is CCC(C)C(N)C(=O)NCC=C(C)C. The summed E-state index contributed by atoms with van der Waals surface area (Å²) >= 11 is 0. The van der Waals surface area contributed by atoms with Crippen molar-refractivity contribution in [2.45, 2.75) is 40.2 Å². The first kappa shape index (κ1) is 13.2. The molecule has 0 saturated carbocycles. The number of amides is 1. The van der Waals surface area contributed by atoms with E-state index in [4.69, 9.17) is 5.73 Å². The largest absolute Gasteiger partial charge is 0.351 e. The molecule has 0 fully saturated rings. The molecule has 0 aliphatic carbocycles. The van der Waals surface area contributed by atoms with Crippen molar-refractivity contribution in [2.75, 3.05) is 6.54 Å². The van der Waals surface area contributed by atoms with Crippen molar-refractivity contribution < 1.29 is 4.79 Å². The fraction of sp³-hybridized carbons (Fsp3) is 0.727. The van der Waals surface area contributed by atoms with Crippen molar-refractivity contribution in [1.82, 2.24) is 5.32 Å². The third kappa shape index (κ3) is 5.02. The Balaban J connectivity index is 3.90. The van der Waals surface area contributed by atoms with Gasteiger partial charge in [0.15, 0.2) is 0 Å². The molecular weight excluding hydrogens is 176 g/mol. The highest BCUT2D eigenvalue weighted by molar-refractivity contribution is 5.81. The predicted octanol–water partition coefficient (Wildman–Crippen LogP) is 1.44. The average Bonchev–Trinajstić information content (AvgIpc) is 2.14. The Kier molecular flexibility index (Phi) is 6.21. The van der Waals surface area contributed by atoms with Gasteiger partial charge in [0.1, 0.15) is 0 Å². The van der Waals surface area contributed by atoms with Crippen molar-refractivity contribution in [3.05, 3.63) is 11.6 Å². The maximum Gasteiger partial charge on any atom is 0.237 e. The van der Waals surface area contributed by atoms with Crippen molar-refractivity contribution in [3.63, 3.8) is 0 Å². The van der Waals surface area contributed by atoms with Gasteiger partial charge in [-0.05, 0) is 19.8 Å². The monoisotopic (exact) mass is 198 g/mol. The van der Waals surface area contributed by atoms with Gasteiger partial charge in [-0.3, -0.25) is 4.79 Å². The predicted molar refractivity (Wildman–Crippen MR) is 59.9 cm³/mol. The molecule has 0 saturated heterocycles. The minimum atomic E-state index is -0.384. The summed E-state index contributed by atoms with van der Waals surface area (Å²) in [5.41, 5.74) is 6.95. The third-order valence-electron chi connectivity index (χ3n) is 2.35. The van der Waals surface area contributed by atoms with E-state index in [0.29, 0.717) is 6.54 Å². The molecule has 2 atom stereocenters. The number of hydrogen-bond donors (Lipinski definition) is 2. The molecule has 2 unspecified atom stereocenters. The molecule has 0 heterocycles. The van der Waals surface area contributed by atoms with Gasteiger partial charge >= 0.3 is 0 Å². The van der Waals surface area contributed by atoms with Gasteiger partial charge in [0, 0.05) is 6.54 Å². The summed E-state index contributed by atoms with van der Waals surface area (Å²) in [5, 5.41) is 2.79. The first-order chi connectivity index (χ1) is 6.49. The van der Waals surface area contributed by atoms with Crippen LogP contribution in [0.3, 0.4) is 0 Å². The Bertz CT molecular complexity index is 207. The van der Waals surface area contributed by atoms with E-state index >= 15 is 0 Å². The van der Waals surface area contributed by atoms with Gasteiger partial charge in [0.25, 0.3) is 0 Å².